The van der Waals surface area contributed by atoms with E-state index >= 15 is 0 Å². The van der Waals surface area contributed by atoms with Gasteiger partial charge in [0.1, 0.15) is 5.69 Å². The lowest BCUT2D eigenvalue weighted by Gasteiger charge is -2.11. The van der Waals surface area contributed by atoms with Gasteiger partial charge in [0.2, 0.25) is 5.76 Å². The molecule has 6 nitrogen and oxygen atoms in total. The maximum atomic E-state index is 12.1. The summed E-state index contributed by atoms with van der Waals surface area (Å²) in [6.07, 6.45) is 3.64. The Morgan fingerprint density at radius 1 is 1.30 bits per heavy atom. The molecular formula is C17H18N4O2. The Balaban J connectivity index is 1.55. The van der Waals surface area contributed by atoms with Crippen molar-refractivity contribution in [1.82, 2.24) is 20.3 Å². The molecule has 1 atom stereocenters. The van der Waals surface area contributed by atoms with E-state index in [1.54, 1.807) is 12.3 Å². The molecule has 23 heavy (non-hydrogen) atoms. The van der Waals surface area contributed by atoms with Crippen LogP contribution in [0.4, 0.5) is 0 Å². The van der Waals surface area contributed by atoms with Gasteiger partial charge < -0.3 is 9.84 Å². The van der Waals surface area contributed by atoms with Crippen molar-refractivity contribution in [2.24, 2.45) is 5.92 Å². The van der Waals surface area contributed by atoms with Gasteiger partial charge in [-0.2, -0.15) is 5.10 Å². The Morgan fingerprint density at radius 3 is 2.87 bits per heavy atom. The van der Waals surface area contributed by atoms with Crippen LogP contribution in [0.5, 0.6) is 0 Å². The number of amides is 1. The minimum absolute atomic E-state index is 0.218. The van der Waals surface area contributed by atoms with E-state index in [2.05, 4.69) is 22.5 Å². The van der Waals surface area contributed by atoms with Crippen LogP contribution in [0.15, 0.2) is 59.4 Å². The molecule has 1 aromatic carbocycles. The first-order chi connectivity index (χ1) is 11.2. The summed E-state index contributed by atoms with van der Waals surface area (Å²) in [4.78, 5) is 12.1. The summed E-state index contributed by atoms with van der Waals surface area (Å²) in [6, 6.07) is 13.1. The predicted octanol–water partition coefficient (Wildman–Crippen LogP) is 2.60. The van der Waals surface area contributed by atoms with Gasteiger partial charge >= 0.3 is 0 Å². The number of nitrogens with zero attached hydrogens (tertiary/aromatic N) is 3. The van der Waals surface area contributed by atoms with Crippen LogP contribution >= 0.6 is 0 Å². The number of nitrogens with one attached hydrogen (secondary N) is 1. The molecule has 0 aliphatic carbocycles. The summed E-state index contributed by atoms with van der Waals surface area (Å²) in [6.45, 7) is 3.34. The molecule has 0 spiro atoms. The number of rotatable bonds is 6. The monoisotopic (exact) mass is 310 g/mol. The fraction of sp³-hybridized carbons (Fsp3) is 0.235. The molecule has 118 valence electrons. The molecule has 1 N–H and O–H groups in total. The zero-order valence-corrected chi connectivity index (χ0v) is 12.8. The third-order valence-electron chi connectivity index (χ3n) is 3.47. The highest BCUT2D eigenvalue weighted by Gasteiger charge is 2.14. The molecule has 0 radical (unpaired) electrons. The zero-order chi connectivity index (χ0) is 16.1. The lowest BCUT2D eigenvalue weighted by atomic mass is 10.1. The Kier molecular flexibility index (Phi) is 4.52. The Morgan fingerprint density at radius 2 is 2.13 bits per heavy atom. The highest BCUT2D eigenvalue weighted by molar-refractivity contribution is 5.92. The molecule has 0 saturated carbocycles. The van der Waals surface area contributed by atoms with Gasteiger partial charge in [-0.15, -0.1) is 0 Å². The van der Waals surface area contributed by atoms with Crippen molar-refractivity contribution in [3.05, 3.63) is 60.6 Å². The lowest BCUT2D eigenvalue weighted by molar-refractivity contribution is 0.0909. The molecule has 2 heterocycles. The first-order valence-electron chi connectivity index (χ1n) is 7.50. The van der Waals surface area contributed by atoms with Crippen LogP contribution in [0, 0.1) is 5.92 Å². The molecule has 1 amide bonds. The van der Waals surface area contributed by atoms with E-state index in [4.69, 9.17) is 4.52 Å². The van der Waals surface area contributed by atoms with Crippen molar-refractivity contribution >= 4 is 5.91 Å². The number of aromatic nitrogens is 3. The van der Waals surface area contributed by atoms with Gasteiger partial charge in [0.25, 0.3) is 5.91 Å². The standard InChI is InChI=1S/C17H18N4O2/c1-13(12-21-9-5-8-19-21)11-18-17(22)16-10-15(20-23-16)14-6-3-2-4-7-14/h2-10,13H,11-12H2,1H3,(H,18,22)/t13-/m0/s1. The van der Waals surface area contributed by atoms with Gasteiger partial charge in [-0.25, -0.2) is 0 Å². The first-order valence-corrected chi connectivity index (χ1v) is 7.50. The SMILES string of the molecule is C[C@@H](CNC(=O)c1cc(-c2ccccc2)no1)Cn1cccn1. The molecule has 0 unspecified atom stereocenters. The summed E-state index contributed by atoms with van der Waals surface area (Å²) in [5, 5.41) is 11.0. The molecule has 3 rings (SSSR count). The van der Waals surface area contributed by atoms with E-state index in [9.17, 15) is 4.79 Å². The summed E-state index contributed by atoms with van der Waals surface area (Å²) >= 11 is 0. The van der Waals surface area contributed by atoms with Crippen molar-refractivity contribution in [3.8, 4) is 11.3 Å². The molecule has 0 aliphatic rings. The van der Waals surface area contributed by atoms with Crippen LogP contribution in [0.3, 0.4) is 0 Å². The van der Waals surface area contributed by atoms with Crippen LogP contribution in [0.25, 0.3) is 11.3 Å². The number of carbonyl (C=O) groups excluding carboxylic acids is 1. The Labute approximate surface area is 134 Å². The van der Waals surface area contributed by atoms with Crippen molar-refractivity contribution in [2.45, 2.75) is 13.5 Å². The summed E-state index contributed by atoms with van der Waals surface area (Å²) in [5.74, 6) is 0.220. The smallest absolute Gasteiger partial charge is 0.289 e. The number of benzene rings is 1. The molecule has 0 saturated heterocycles. The maximum absolute atomic E-state index is 12.1. The van der Waals surface area contributed by atoms with E-state index in [1.165, 1.54) is 0 Å². The molecule has 6 heteroatoms. The van der Waals surface area contributed by atoms with Gasteiger partial charge in [0, 0.05) is 37.1 Å². The van der Waals surface area contributed by atoms with Crippen LogP contribution in [0.2, 0.25) is 0 Å². The minimum Gasteiger partial charge on any atom is -0.350 e. The second-order valence-electron chi connectivity index (χ2n) is 5.49. The van der Waals surface area contributed by atoms with Crippen LogP contribution < -0.4 is 5.32 Å². The van der Waals surface area contributed by atoms with Crippen molar-refractivity contribution in [3.63, 3.8) is 0 Å². The summed E-state index contributed by atoms with van der Waals surface area (Å²) in [5.41, 5.74) is 1.57. The van der Waals surface area contributed by atoms with E-state index in [0.717, 1.165) is 12.1 Å². The van der Waals surface area contributed by atoms with Gasteiger partial charge in [-0.1, -0.05) is 42.4 Å². The molecule has 0 bridgehead atoms. The van der Waals surface area contributed by atoms with E-state index in [0.29, 0.717) is 12.2 Å². The average molecular weight is 310 g/mol. The van der Waals surface area contributed by atoms with Gasteiger partial charge in [0.15, 0.2) is 0 Å². The normalized spacial score (nSPS) is 12.0. The first kappa shape index (κ1) is 15.0. The highest BCUT2D eigenvalue weighted by atomic mass is 16.5. The molecule has 0 aliphatic heterocycles. The number of hydrogen-bond acceptors (Lipinski definition) is 4. The fourth-order valence-electron chi connectivity index (χ4n) is 2.27. The van der Waals surface area contributed by atoms with Crippen LogP contribution in [0.1, 0.15) is 17.5 Å². The average Bonchev–Trinajstić information content (AvgIpc) is 3.25. The minimum atomic E-state index is -0.257. The topological polar surface area (TPSA) is 73.0 Å². The maximum Gasteiger partial charge on any atom is 0.289 e. The van der Waals surface area contributed by atoms with Crippen LogP contribution in [-0.2, 0) is 6.54 Å². The Bertz CT molecular complexity index is 750. The van der Waals surface area contributed by atoms with E-state index < -0.39 is 0 Å². The van der Waals surface area contributed by atoms with Gasteiger partial charge in [-0.05, 0) is 12.0 Å². The molecule has 3 aromatic rings. The fourth-order valence-corrected chi connectivity index (χ4v) is 2.27. The number of hydrogen-bond donors (Lipinski definition) is 1. The molecule has 0 fully saturated rings. The summed E-state index contributed by atoms with van der Waals surface area (Å²) < 4.78 is 6.99. The van der Waals surface area contributed by atoms with Gasteiger partial charge in [-0.3, -0.25) is 9.48 Å². The lowest BCUT2D eigenvalue weighted by Crippen LogP contribution is -2.29. The third-order valence-corrected chi connectivity index (χ3v) is 3.47. The van der Waals surface area contributed by atoms with Gasteiger partial charge in [0.05, 0.1) is 0 Å². The molecular weight excluding hydrogens is 292 g/mol. The summed E-state index contributed by atoms with van der Waals surface area (Å²) in [7, 11) is 0. The molecule has 2 aromatic heterocycles. The van der Waals surface area contributed by atoms with E-state index in [1.807, 2.05) is 47.3 Å². The van der Waals surface area contributed by atoms with Crippen LogP contribution in [-0.4, -0.2) is 27.4 Å². The highest BCUT2D eigenvalue weighted by Crippen LogP contribution is 2.18. The third kappa shape index (κ3) is 3.85. The second-order valence-corrected chi connectivity index (χ2v) is 5.49. The number of carbonyl (C=O) groups is 1. The largest absolute Gasteiger partial charge is 0.350 e. The zero-order valence-electron chi connectivity index (χ0n) is 12.8. The van der Waals surface area contributed by atoms with Crippen molar-refractivity contribution < 1.29 is 9.32 Å². The Hall–Kier alpha value is -2.89. The quantitative estimate of drug-likeness (QED) is 0.759. The second kappa shape index (κ2) is 6.91. The van der Waals surface area contributed by atoms with E-state index in [-0.39, 0.29) is 17.6 Å². The predicted molar refractivity (Wildman–Crippen MR) is 85.7 cm³/mol. The van der Waals surface area contributed by atoms with Crippen molar-refractivity contribution in [2.75, 3.05) is 6.54 Å². The van der Waals surface area contributed by atoms with Crippen molar-refractivity contribution in [1.29, 1.82) is 0 Å².